The topological polar surface area (TPSA) is 98.3 Å². The predicted octanol–water partition coefficient (Wildman–Crippen LogP) is 3.13. The third-order valence-corrected chi connectivity index (χ3v) is 7.15. The summed E-state index contributed by atoms with van der Waals surface area (Å²) in [4.78, 5) is 36.1. The SMILES string of the molecule is COCCOc1ccc2[nH]c3c(c2c1)CC1(C)C(=O)N(CCN(C)C)C(=O)N1C3c1cccc(O)c1. The number of urea groups is 1. The summed E-state index contributed by atoms with van der Waals surface area (Å²) in [5.74, 6) is 0.616. The zero-order chi connectivity index (χ0) is 25.6. The van der Waals surface area contributed by atoms with Gasteiger partial charge >= 0.3 is 6.03 Å². The van der Waals surface area contributed by atoms with Crippen LogP contribution in [-0.2, 0) is 16.0 Å². The number of carbonyl (C=O) groups is 2. The summed E-state index contributed by atoms with van der Waals surface area (Å²) in [7, 11) is 5.46. The standard InChI is InChI=1S/C27H32N4O5/c1-27-16-21-20-15-19(36-13-12-35-4)8-9-22(20)28-23(21)24(17-6-5-7-18(32)14-17)31(27)26(34)30(25(27)33)11-10-29(2)3/h5-9,14-15,24,28,32H,10-13,16H2,1-4H3. The van der Waals surface area contributed by atoms with Crippen molar-refractivity contribution in [3.05, 3.63) is 59.3 Å². The van der Waals surface area contributed by atoms with Crippen LogP contribution in [0.15, 0.2) is 42.5 Å². The van der Waals surface area contributed by atoms with Crippen molar-refractivity contribution in [3.8, 4) is 11.5 Å². The Morgan fingerprint density at radius 1 is 1.17 bits per heavy atom. The summed E-state index contributed by atoms with van der Waals surface area (Å²) >= 11 is 0. The Morgan fingerprint density at radius 2 is 1.97 bits per heavy atom. The molecule has 2 aromatic carbocycles. The van der Waals surface area contributed by atoms with Gasteiger partial charge in [0.2, 0.25) is 0 Å². The van der Waals surface area contributed by atoms with E-state index < -0.39 is 11.6 Å². The normalized spacial score (nSPS) is 21.4. The second-order valence-electron chi connectivity index (χ2n) is 9.93. The number of hydrogen-bond acceptors (Lipinski definition) is 6. The molecule has 1 saturated heterocycles. The van der Waals surface area contributed by atoms with Gasteiger partial charge in [-0.25, -0.2) is 4.79 Å². The Morgan fingerprint density at radius 3 is 2.69 bits per heavy atom. The van der Waals surface area contributed by atoms with Gasteiger partial charge in [0, 0.05) is 43.2 Å². The van der Waals surface area contributed by atoms with Crippen molar-refractivity contribution < 1.29 is 24.2 Å². The number of imide groups is 1. The highest BCUT2D eigenvalue weighted by molar-refractivity contribution is 6.08. The van der Waals surface area contributed by atoms with Crippen molar-refractivity contribution in [2.75, 3.05) is 47.5 Å². The minimum absolute atomic E-state index is 0.105. The number of carbonyl (C=O) groups excluding carboxylic acids is 2. The van der Waals surface area contributed by atoms with Gasteiger partial charge < -0.3 is 24.5 Å². The fraction of sp³-hybridized carbons (Fsp3) is 0.407. The smallest absolute Gasteiger partial charge is 0.328 e. The number of phenolic OH excluding ortho intramolecular Hbond substituents is 1. The van der Waals surface area contributed by atoms with E-state index in [-0.39, 0.29) is 17.7 Å². The van der Waals surface area contributed by atoms with Crippen LogP contribution in [0.5, 0.6) is 11.5 Å². The zero-order valence-electron chi connectivity index (χ0n) is 21.1. The van der Waals surface area contributed by atoms with E-state index >= 15 is 0 Å². The van der Waals surface area contributed by atoms with Gasteiger partial charge in [0.25, 0.3) is 5.91 Å². The summed E-state index contributed by atoms with van der Waals surface area (Å²) in [6.07, 6.45) is 0.377. The third kappa shape index (κ3) is 3.88. The molecule has 0 bridgehead atoms. The number of fused-ring (bicyclic) bond motifs is 4. The molecule has 2 atom stereocenters. The first kappa shape index (κ1) is 24.1. The Labute approximate surface area is 210 Å². The van der Waals surface area contributed by atoms with Crippen LogP contribution in [0.25, 0.3) is 10.9 Å². The first-order valence-corrected chi connectivity index (χ1v) is 12.1. The van der Waals surface area contributed by atoms with E-state index in [0.29, 0.717) is 38.5 Å². The molecule has 0 radical (unpaired) electrons. The number of aromatic nitrogens is 1. The van der Waals surface area contributed by atoms with E-state index in [1.54, 1.807) is 30.2 Å². The number of aromatic amines is 1. The maximum atomic E-state index is 13.8. The molecule has 0 spiro atoms. The van der Waals surface area contributed by atoms with Crippen LogP contribution in [0, 0.1) is 0 Å². The van der Waals surface area contributed by atoms with Crippen LogP contribution in [0.2, 0.25) is 0 Å². The van der Waals surface area contributed by atoms with E-state index in [1.807, 2.05) is 50.2 Å². The van der Waals surface area contributed by atoms with Crippen molar-refractivity contribution in [2.45, 2.75) is 24.9 Å². The molecule has 1 aromatic heterocycles. The lowest BCUT2D eigenvalue weighted by atomic mass is 9.81. The number of H-pyrrole nitrogens is 1. The van der Waals surface area contributed by atoms with Gasteiger partial charge in [-0.15, -0.1) is 0 Å². The van der Waals surface area contributed by atoms with Gasteiger partial charge in [-0.05, 0) is 62.5 Å². The molecule has 0 aliphatic carbocycles. The van der Waals surface area contributed by atoms with E-state index in [4.69, 9.17) is 9.47 Å². The van der Waals surface area contributed by atoms with Crippen molar-refractivity contribution in [2.24, 2.45) is 0 Å². The molecular formula is C27H32N4O5. The Bertz CT molecular complexity index is 1320. The second kappa shape index (κ2) is 9.15. The van der Waals surface area contributed by atoms with Crippen LogP contribution in [0.3, 0.4) is 0 Å². The Kier molecular flexibility index (Phi) is 6.13. The number of phenols is 1. The van der Waals surface area contributed by atoms with Gasteiger partial charge in [-0.1, -0.05) is 12.1 Å². The minimum atomic E-state index is -1.06. The fourth-order valence-electron chi connectivity index (χ4n) is 5.36. The first-order valence-electron chi connectivity index (χ1n) is 12.1. The summed E-state index contributed by atoms with van der Waals surface area (Å²) in [5.41, 5.74) is 2.40. The number of ether oxygens (including phenoxy) is 2. The lowest BCUT2D eigenvalue weighted by Gasteiger charge is -2.42. The number of aromatic hydroxyl groups is 1. The largest absolute Gasteiger partial charge is 0.508 e. The summed E-state index contributed by atoms with van der Waals surface area (Å²) < 4.78 is 10.9. The number of rotatable bonds is 8. The average Bonchev–Trinajstić information content (AvgIpc) is 3.28. The molecule has 3 aromatic rings. The van der Waals surface area contributed by atoms with Crippen molar-refractivity contribution in [1.29, 1.82) is 0 Å². The monoisotopic (exact) mass is 492 g/mol. The first-order chi connectivity index (χ1) is 17.2. The highest BCUT2D eigenvalue weighted by Crippen LogP contribution is 2.49. The predicted molar refractivity (Wildman–Crippen MR) is 135 cm³/mol. The van der Waals surface area contributed by atoms with Gasteiger partial charge in [-0.3, -0.25) is 14.6 Å². The maximum absolute atomic E-state index is 13.8. The van der Waals surface area contributed by atoms with E-state index in [2.05, 4.69) is 4.98 Å². The lowest BCUT2D eigenvalue weighted by Crippen LogP contribution is -2.53. The second-order valence-corrected chi connectivity index (χ2v) is 9.93. The molecular weight excluding hydrogens is 460 g/mol. The van der Waals surface area contributed by atoms with Gasteiger partial charge in [0.15, 0.2) is 0 Å². The summed E-state index contributed by atoms with van der Waals surface area (Å²) in [6, 6.07) is 11.8. The average molecular weight is 493 g/mol. The molecule has 2 aliphatic rings. The molecule has 9 nitrogen and oxygen atoms in total. The fourth-order valence-corrected chi connectivity index (χ4v) is 5.36. The Hall–Kier alpha value is -3.56. The highest BCUT2D eigenvalue weighted by Gasteiger charge is 2.60. The van der Waals surface area contributed by atoms with Crippen LogP contribution in [0.4, 0.5) is 4.79 Å². The Balaban J connectivity index is 1.65. The molecule has 36 heavy (non-hydrogen) atoms. The number of benzene rings is 2. The summed E-state index contributed by atoms with van der Waals surface area (Å²) in [6.45, 7) is 3.65. The van der Waals surface area contributed by atoms with E-state index in [1.165, 1.54) is 4.90 Å². The lowest BCUT2D eigenvalue weighted by molar-refractivity contribution is -0.133. The van der Waals surface area contributed by atoms with Crippen molar-refractivity contribution in [1.82, 2.24) is 19.7 Å². The third-order valence-electron chi connectivity index (χ3n) is 7.15. The van der Waals surface area contributed by atoms with Crippen molar-refractivity contribution >= 4 is 22.8 Å². The van der Waals surface area contributed by atoms with Gasteiger partial charge in [-0.2, -0.15) is 0 Å². The highest BCUT2D eigenvalue weighted by atomic mass is 16.5. The molecule has 3 amide bonds. The summed E-state index contributed by atoms with van der Waals surface area (Å²) in [5, 5.41) is 11.2. The van der Waals surface area contributed by atoms with Crippen LogP contribution < -0.4 is 4.74 Å². The van der Waals surface area contributed by atoms with Crippen LogP contribution in [-0.4, -0.2) is 89.8 Å². The van der Waals surface area contributed by atoms with E-state index in [9.17, 15) is 14.7 Å². The van der Waals surface area contributed by atoms with Gasteiger partial charge in [0.1, 0.15) is 29.7 Å². The zero-order valence-corrected chi connectivity index (χ0v) is 21.1. The van der Waals surface area contributed by atoms with Crippen LogP contribution >= 0.6 is 0 Å². The number of likely N-dealkylation sites (N-methyl/N-ethyl adjacent to an activating group) is 1. The molecule has 9 heteroatoms. The molecule has 0 saturated carbocycles. The van der Waals surface area contributed by atoms with Crippen LogP contribution in [0.1, 0.15) is 29.8 Å². The number of amides is 3. The van der Waals surface area contributed by atoms with E-state index in [0.717, 1.165) is 27.7 Å². The minimum Gasteiger partial charge on any atom is -0.508 e. The molecule has 2 aliphatic heterocycles. The molecule has 2 N–H and O–H groups in total. The number of methoxy groups -OCH3 is 1. The maximum Gasteiger partial charge on any atom is 0.328 e. The molecule has 3 heterocycles. The number of nitrogens with one attached hydrogen (secondary N) is 1. The molecule has 190 valence electrons. The molecule has 2 unspecified atom stereocenters. The van der Waals surface area contributed by atoms with Crippen molar-refractivity contribution in [3.63, 3.8) is 0 Å². The number of hydrogen-bond donors (Lipinski definition) is 2. The molecule has 5 rings (SSSR count). The quantitative estimate of drug-likeness (QED) is 0.370. The number of nitrogens with zero attached hydrogens (tertiary/aromatic N) is 3. The molecule has 1 fully saturated rings. The van der Waals surface area contributed by atoms with Gasteiger partial charge in [0.05, 0.1) is 6.61 Å².